The van der Waals surface area contributed by atoms with Gasteiger partial charge in [0.2, 0.25) is 0 Å². The molecule has 0 N–H and O–H groups in total. The second kappa shape index (κ2) is 15.3. The van der Waals surface area contributed by atoms with Crippen molar-refractivity contribution in [1.82, 2.24) is 14.5 Å². The normalized spacial score (nSPS) is 11.6. The van der Waals surface area contributed by atoms with E-state index in [1.54, 1.807) is 0 Å². The number of para-hydroxylation sites is 3. The number of benzene rings is 6. The number of aromatic nitrogens is 3. The zero-order valence-corrected chi connectivity index (χ0v) is 35.0. The van der Waals surface area contributed by atoms with Gasteiger partial charge in [0.25, 0.3) is 0 Å². The van der Waals surface area contributed by atoms with E-state index in [-0.39, 0.29) is 20.1 Å². The molecule has 0 aliphatic carbocycles. The van der Waals surface area contributed by atoms with Crippen LogP contribution >= 0.6 is 0 Å². The summed E-state index contributed by atoms with van der Waals surface area (Å²) >= 11 is 0. The molecule has 0 fully saturated rings. The van der Waals surface area contributed by atoms with Crippen LogP contribution in [0.5, 0.6) is 0 Å². The Bertz CT molecular complexity index is 2750. The molecule has 1 radical (unpaired) electrons. The van der Waals surface area contributed by atoms with Crippen molar-refractivity contribution >= 4 is 57.0 Å². The van der Waals surface area contributed by atoms with Crippen LogP contribution in [0.3, 0.4) is 0 Å². The van der Waals surface area contributed by atoms with Crippen molar-refractivity contribution in [3.05, 3.63) is 157 Å². The number of furan rings is 1. The summed E-state index contributed by atoms with van der Waals surface area (Å²) in [5.41, 5.74) is 10.5. The van der Waals surface area contributed by atoms with Gasteiger partial charge in [-0.05, 0) is 64.3 Å². The van der Waals surface area contributed by atoms with Crippen LogP contribution in [0.4, 0.5) is 0 Å². The minimum atomic E-state index is -1.35. The fourth-order valence-corrected chi connectivity index (χ4v) is 8.87. The van der Waals surface area contributed by atoms with Crippen LogP contribution in [-0.4, -0.2) is 22.6 Å². The number of fused-ring (bicyclic) bond motifs is 5. The van der Waals surface area contributed by atoms with Crippen molar-refractivity contribution in [2.45, 2.75) is 46.8 Å². The number of nitrogens with zero attached hydrogens (tertiary/aromatic N) is 3. The third-order valence-electron chi connectivity index (χ3n) is 9.77. The van der Waals surface area contributed by atoms with Crippen LogP contribution in [0.15, 0.2) is 138 Å². The first-order valence-electron chi connectivity index (χ1n) is 18.4. The summed E-state index contributed by atoms with van der Waals surface area (Å²) in [6.45, 7) is 13.9. The molecule has 3 heterocycles. The fourth-order valence-electron chi connectivity index (χ4n) is 7.28. The summed E-state index contributed by atoms with van der Waals surface area (Å²) in [6.07, 6.45) is 3.25. The summed E-state index contributed by atoms with van der Waals surface area (Å²) in [7, 11) is -1.35. The first-order valence-corrected chi connectivity index (χ1v) is 21.9. The van der Waals surface area contributed by atoms with E-state index in [0.717, 1.165) is 67.7 Å². The van der Waals surface area contributed by atoms with Gasteiger partial charge in [0, 0.05) is 37.4 Å². The standard InChI is InChI=1S/C29H17N2O.C19H26NSi.Ir/c1-2-9-20-18-21(17-16-19(20)8-1)31-26-14-5-4-13-25(26)30-29(31)24-12-7-11-23-22-10-3-6-15-27(22)32-28(23)24;1-14(2)10-17-12-18(16-9-7-8-15(3)11-16)20-13-19(17)21(4,5)6;/h1-11,13-18H;7-8,11-14H,10H2,1-6H3;/q2*-1;. The number of aryl methyl sites for hydroxylation is 1. The molecule has 0 aliphatic rings. The van der Waals surface area contributed by atoms with Gasteiger partial charge in [-0.2, -0.15) is 0 Å². The quantitative estimate of drug-likeness (QED) is 0.123. The molecule has 54 heavy (non-hydrogen) atoms. The van der Waals surface area contributed by atoms with Gasteiger partial charge in [-0.15, -0.1) is 53.6 Å². The third-order valence-corrected chi connectivity index (χ3v) is 11.8. The van der Waals surface area contributed by atoms with Crippen LogP contribution in [0, 0.1) is 25.0 Å². The van der Waals surface area contributed by atoms with E-state index in [9.17, 15) is 0 Å². The smallest absolute Gasteiger partial charge is 0.120 e. The molecule has 3 aromatic heterocycles. The van der Waals surface area contributed by atoms with Crippen molar-refractivity contribution in [3.63, 3.8) is 0 Å². The Hall–Kier alpha value is -5.13. The van der Waals surface area contributed by atoms with Crippen molar-refractivity contribution < 1.29 is 24.5 Å². The van der Waals surface area contributed by atoms with E-state index in [4.69, 9.17) is 14.4 Å². The van der Waals surface area contributed by atoms with Crippen LogP contribution in [0.1, 0.15) is 25.0 Å². The number of imidazole rings is 1. The number of rotatable bonds is 6. The zero-order chi connectivity index (χ0) is 36.7. The molecule has 9 rings (SSSR count). The molecule has 9 aromatic rings. The molecule has 0 saturated heterocycles. The molecule has 0 atom stereocenters. The molecular weight excluding hydrogens is 855 g/mol. The number of hydrogen-bond donors (Lipinski definition) is 0. The van der Waals surface area contributed by atoms with E-state index in [1.165, 1.54) is 27.1 Å². The van der Waals surface area contributed by atoms with Crippen molar-refractivity contribution in [2.24, 2.45) is 5.92 Å². The van der Waals surface area contributed by atoms with E-state index in [2.05, 4.69) is 154 Å². The first-order chi connectivity index (χ1) is 25.6. The minimum Gasteiger partial charge on any atom is -0.501 e. The Morgan fingerprint density at radius 3 is 2.30 bits per heavy atom. The average Bonchev–Trinajstić information content (AvgIpc) is 3.73. The molecule has 6 aromatic carbocycles. The van der Waals surface area contributed by atoms with Crippen LogP contribution < -0.4 is 5.19 Å². The predicted molar refractivity (Wildman–Crippen MR) is 225 cm³/mol. The number of hydrogen-bond acceptors (Lipinski definition) is 3. The topological polar surface area (TPSA) is 43.9 Å². The van der Waals surface area contributed by atoms with Crippen molar-refractivity contribution in [2.75, 3.05) is 0 Å². The van der Waals surface area contributed by atoms with E-state index in [1.807, 2.05) is 36.4 Å². The molecule has 271 valence electrons. The van der Waals surface area contributed by atoms with Gasteiger partial charge in [-0.3, -0.25) is 4.98 Å². The summed E-state index contributed by atoms with van der Waals surface area (Å²) < 4.78 is 8.52. The first kappa shape index (κ1) is 37.2. The Balaban J connectivity index is 0.000000180. The molecule has 0 saturated carbocycles. The third kappa shape index (κ3) is 7.34. The zero-order valence-electron chi connectivity index (χ0n) is 31.6. The van der Waals surface area contributed by atoms with Gasteiger partial charge < -0.3 is 14.0 Å². The molecule has 0 unspecified atom stereocenters. The summed E-state index contributed by atoms with van der Waals surface area (Å²) in [4.78, 5) is 9.76. The maximum Gasteiger partial charge on any atom is 0.120 e. The Labute approximate surface area is 332 Å². The second-order valence-electron chi connectivity index (χ2n) is 15.3. The van der Waals surface area contributed by atoms with Gasteiger partial charge in [0.1, 0.15) is 5.58 Å². The average molecular weight is 898 g/mol. The van der Waals surface area contributed by atoms with Gasteiger partial charge >= 0.3 is 0 Å². The molecule has 6 heteroatoms. The molecule has 0 aliphatic heterocycles. The monoisotopic (exact) mass is 898 g/mol. The SMILES string of the molecule is Cc1cc[c-]c(-c2cc(CC(C)C)c([Si](C)(C)C)cn2)c1.[Ir].[c-]1ccc2c(oc3ccccc32)c1-c1nc2ccccc2n1-c1ccc2ccccc2c1. The van der Waals surface area contributed by atoms with Gasteiger partial charge in [-0.25, -0.2) is 0 Å². The van der Waals surface area contributed by atoms with Gasteiger partial charge in [0.05, 0.1) is 30.5 Å². The molecule has 0 spiro atoms. The molecule has 0 amide bonds. The fraction of sp³-hybridized carbons (Fsp3) is 0.167. The van der Waals surface area contributed by atoms with Crippen LogP contribution in [-0.2, 0) is 26.5 Å². The summed E-state index contributed by atoms with van der Waals surface area (Å²) in [5.74, 6) is 1.49. The minimum absolute atomic E-state index is 0. The maximum atomic E-state index is 6.31. The summed E-state index contributed by atoms with van der Waals surface area (Å²) in [5, 5.41) is 6.08. The largest absolute Gasteiger partial charge is 0.501 e. The van der Waals surface area contributed by atoms with E-state index < -0.39 is 8.07 Å². The molecule has 0 bridgehead atoms. The summed E-state index contributed by atoms with van der Waals surface area (Å²) in [6, 6.07) is 50.6. The van der Waals surface area contributed by atoms with Crippen LogP contribution in [0.25, 0.3) is 72.1 Å². The van der Waals surface area contributed by atoms with Crippen molar-refractivity contribution in [3.8, 4) is 28.3 Å². The molecule has 4 nitrogen and oxygen atoms in total. The van der Waals surface area contributed by atoms with Gasteiger partial charge in [-0.1, -0.05) is 124 Å². The Kier molecular flexibility index (Phi) is 10.5. The predicted octanol–water partition coefficient (Wildman–Crippen LogP) is 12.1. The Morgan fingerprint density at radius 1 is 0.759 bits per heavy atom. The van der Waals surface area contributed by atoms with E-state index >= 15 is 0 Å². The second-order valence-corrected chi connectivity index (χ2v) is 20.4. The van der Waals surface area contributed by atoms with E-state index in [0.29, 0.717) is 5.92 Å². The van der Waals surface area contributed by atoms with Crippen LogP contribution in [0.2, 0.25) is 19.6 Å². The Morgan fingerprint density at radius 2 is 1.50 bits per heavy atom. The number of pyridine rings is 1. The van der Waals surface area contributed by atoms with Crippen molar-refractivity contribution in [1.29, 1.82) is 0 Å². The van der Waals surface area contributed by atoms with Gasteiger partial charge in [0.15, 0.2) is 0 Å². The maximum absolute atomic E-state index is 6.31. The molecular formula is C48H43IrN3OSi-2.